The molecule has 2 heterocycles. The van der Waals surface area contributed by atoms with Crippen molar-refractivity contribution < 1.29 is 4.79 Å². The van der Waals surface area contributed by atoms with Crippen LogP contribution in [0.4, 0.5) is 11.5 Å². The molecule has 0 bridgehead atoms. The van der Waals surface area contributed by atoms with E-state index in [-0.39, 0.29) is 11.9 Å². The van der Waals surface area contributed by atoms with E-state index in [9.17, 15) is 4.79 Å². The number of carbonyl (C=O) groups is 1. The van der Waals surface area contributed by atoms with Crippen molar-refractivity contribution in [2.24, 2.45) is 0 Å². The maximum absolute atomic E-state index is 12.0. The van der Waals surface area contributed by atoms with E-state index >= 15 is 0 Å². The number of nitrogens with zero attached hydrogens (tertiary/aromatic N) is 3. The van der Waals surface area contributed by atoms with E-state index in [4.69, 9.17) is 0 Å². The number of carbonyl (C=O) groups excluding carboxylic acids is 1. The lowest BCUT2D eigenvalue weighted by atomic mass is 10.1. The topological polar surface area (TPSA) is 48.5 Å². The minimum absolute atomic E-state index is 0.195. The smallest absolute Gasteiger partial charge is 0.227 e. The molecule has 0 radical (unpaired) electrons. The van der Waals surface area contributed by atoms with Gasteiger partial charge in [-0.3, -0.25) is 4.79 Å². The summed E-state index contributed by atoms with van der Waals surface area (Å²) in [5, 5.41) is 3.56. The zero-order chi connectivity index (χ0) is 19.4. The minimum Gasteiger partial charge on any atom is -0.357 e. The van der Waals surface area contributed by atoms with Gasteiger partial charge >= 0.3 is 0 Å². The second kappa shape index (κ2) is 8.53. The van der Waals surface area contributed by atoms with Crippen LogP contribution in [-0.2, 0) is 11.3 Å². The fourth-order valence-electron chi connectivity index (χ4n) is 3.27. The molecule has 0 spiro atoms. The van der Waals surface area contributed by atoms with Crippen LogP contribution in [0.5, 0.6) is 0 Å². The third kappa shape index (κ3) is 4.66. The summed E-state index contributed by atoms with van der Waals surface area (Å²) in [6.07, 6.45) is 3.55. The largest absolute Gasteiger partial charge is 0.357 e. The van der Waals surface area contributed by atoms with E-state index in [0.717, 1.165) is 36.6 Å². The van der Waals surface area contributed by atoms with Gasteiger partial charge in [0, 0.05) is 50.5 Å². The van der Waals surface area contributed by atoms with E-state index in [1.54, 1.807) is 0 Å². The molecule has 1 aliphatic rings. The zero-order valence-electron chi connectivity index (χ0n) is 16.8. The molecule has 0 saturated carbocycles. The van der Waals surface area contributed by atoms with Gasteiger partial charge in [0.05, 0.1) is 0 Å². The number of amides is 1. The van der Waals surface area contributed by atoms with Gasteiger partial charge in [0.25, 0.3) is 0 Å². The van der Waals surface area contributed by atoms with Crippen molar-refractivity contribution in [2.75, 3.05) is 23.4 Å². The van der Waals surface area contributed by atoms with Gasteiger partial charge in [0.2, 0.25) is 5.91 Å². The van der Waals surface area contributed by atoms with Crippen molar-refractivity contribution >= 4 is 17.4 Å². The van der Waals surface area contributed by atoms with Gasteiger partial charge in [-0.05, 0) is 56.5 Å². The highest BCUT2D eigenvalue weighted by Gasteiger charge is 2.22. The van der Waals surface area contributed by atoms with Crippen molar-refractivity contribution in [2.45, 2.75) is 52.2 Å². The van der Waals surface area contributed by atoms with Gasteiger partial charge in [-0.2, -0.15) is 0 Å². The summed E-state index contributed by atoms with van der Waals surface area (Å²) in [6, 6.07) is 13.1. The average molecular weight is 367 g/mol. The summed E-state index contributed by atoms with van der Waals surface area (Å²) in [7, 11) is 2.06. The Balaban J connectivity index is 1.61. The lowest BCUT2D eigenvalue weighted by molar-refractivity contribution is -0.117. The van der Waals surface area contributed by atoms with Gasteiger partial charge in [-0.1, -0.05) is 18.2 Å². The summed E-state index contributed by atoms with van der Waals surface area (Å²) < 4.78 is 0. The number of pyridine rings is 1. The van der Waals surface area contributed by atoms with Crippen molar-refractivity contribution in [3.05, 3.63) is 53.7 Å². The Morgan fingerprint density at radius 2 is 2.04 bits per heavy atom. The predicted molar refractivity (Wildman–Crippen MR) is 111 cm³/mol. The van der Waals surface area contributed by atoms with E-state index in [0.29, 0.717) is 12.5 Å². The highest BCUT2D eigenvalue weighted by atomic mass is 16.2. The van der Waals surface area contributed by atoms with Crippen LogP contribution in [0, 0.1) is 0 Å². The van der Waals surface area contributed by atoms with E-state index in [1.165, 1.54) is 5.56 Å². The standard InChI is InChI=1S/C22H30N4O/c1-16(2)25(4)21-11-10-18(15-24-21)14-23-17(3)19-7-5-8-20(13-19)26-12-6-9-22(26)27/h5,7-8,10-11,13,15-17,23H,6,9,12,14H2,1-4H3. The van der Waals surface area contributed by atoms with E-state index in [1.807, 2.05) is 23.2 Å². The van der Waals surface area contributed by atoms with Crippen molar-refractivity contribution in [3.63, 3.8) is 0 Å². The Morgan fingerprint density at radius 3 is 2.67 bits per heavy atom. The van der Waals surface area contributed by atoms with Gasteiger partial charge in [-0.25, -0.2) is 4.98 Å². The number of hydrogen-bond donors (Lipinski definition) is 1. The molecule has 1 aromatic carbocycles. The molecule has 2 aromatic rings. The number of rotatable bonds is 7. The summed E-state index contributed by atoms with van der Waals surface area (Å²) >= 11 is 0. The van der Waals surface area contributed by atoms with Crippen LogP contribution in [0.15, 0.2) is 42.6 Å². The molecule has 1 saturated heterocycles. The molecular formula is C22H30N4O. The number of benzene rings is 1. The van der Waals surface area contributed by atoms with Gasteiger partial charge in [0.15, 0.2) is 0 Å². The van der Waals surface area contributed by atoms with Gasteiger partial charge in [0.1, 0.15) is 5.82 Å². The molecule has 1 amide bonds. The lowest BCUT2D eigenvalue weighted by Gasteiger charge is -2.22. The van der Waals surface area contributed by atoms with E-state index < -0.39 is 0 Å². The molecule has 3 rings (SSSR count). The average Bonchev–Trinajstić information content (AvgIpc) is 3.12. The first kappa shape index (κ1) is 19.4. The molecule has 1 atom stereocenters. The maximum atomic E-state index is 12.0. The monoisotopic (exact) mass is 366 g/mol. The summed E-state index contributed by atoms with van der Waals surface area (Å²) in [4.78, 5) is 20.6. The van der Waals surface area contributed by atoms with Crippen LogP contribution < -0.4 is 15.1 Å². The molecule has 5 heteroatoms. The normalized spacial score (nSPS) is 15.4. The SMILES string of the molecule is CC(NCc1ccc(N(C)C(C)C)nc1)c1cccc(N2CCCC2=O)c1. The third-order valence-electron chi connectivity index (χ3n) is 5.31. The van der Waals surface area contributed by atoms with Crippen LogP contribution in [0.1, 0.15) is 50.8 Å². The summed E-state index contributed by atoms with van der Waals surface area (Å²) in [5.41, 5.74) is 3.36. The molecular weight excluding hydrogens is 336 g/mol. The first-order valence-electron chi connectivity index (χ1n) is 9.77. The lowest BCUT2D eigenvalue weighted by Crippen LogP contribution is -2.26. The Morgan fingerprint density at radius 1 is 1.22 bits per heavy atom. The maximum Gasteiger partial charge on any atom is 0.227 e. The highest BCUT2D eigenvalue weighted by molar-refractivity contribution is 5.95. The molecule has 27 heavy (non-hydrogen) atoms. The summed E-state index contributed by atoms with van der Waals surface area (Å²) in [5.74, 6) is 1.22. The van der Waals surface area contributed by atoms with Gasteiger partial charge in [-0.15, -0.1) is 0 Å². The number of aromatic nitrogens is 1. The Kier molecular flexibility index (Phi) is 6.11. The molecule has 1 fully saturated rings. The second-order valence-corrected chi connectivity index (χ2v) is 7.58. The molecule has 144 valence electrons. The predicted octanol–water partition coefficient (Wildman–Crippen LogP) is 3.90. The fraction of sp³-hybridized carbons (Fsp3) is 0.455. The van der Waals surface area contributed by atoms with Crippen molar-refractivity contribution in [1.29, 1.82) is 0 Å². The van der Waals surface area contributed by atoms with Crippen LogP contribution in [-0.4, -0.2) is 30.5 Å². The number of nitrogens with one attached hydrogen (secondary N) is 1. The summed E-state index contributed by atoms with van der Waals surface area (Å²) in [6.45, 7) is 8.05. The quantitative estimate of drug-likeness (QED) is 0.807. The number of hydrogen-bond acceptors (Lipinski definition) is 4. The van der Waals surface area contributed by atoms with E-state index in [2.05, 4.69) is 67.3 Å². The number of anilines is 2. The molecule has 1 unspecified atom stereocenters. The van der Waals surface area contributed by atoms with Crippen molar-refractivity contribution in [3.8, 4) is 0 Å². The molecule has 1 aromatic heterocycles. The molecule has 1 N–H and O–H groups in total. The fourth-order valence-corrected chi connectivity index (χ4v) is 3.27. The zero-order valence-corrected chi connectivity index (χ0v) is 16.8. The van der Waals surface area contributed by atoms with Crippen LogP contribution >= 0.6 is 0 Å². The first-order chi connectivity index (χ1) is 13.0. The molecule has 1 aliphatic heterocycles. The Labute approximate surface area is 162 Å². The molecule has 5 nitrogen and oxygen atoms in total. The third-order valence-corrected chi connectivity index (χ3v) is 5.31. The van der Waals surface area contributed by atoms with Gasteiger partial charge < -0.3 is 15.1 Å². The van der Waals surface area contributed by atoms with Crippen molar-refractivity contribution in [1.82, 2.24) is 10.3 Å². The Bertz CT molecular complexity index is 772. The van der Waals surface area contributed by atoms with Crippen LogP contribution in [0.25, 0.3) is 0 Å². The Hall–Kier alpha value is -2.40. The first-order valence-corrected chi connectivity index (χ1v) is 9.77. The molecule has 0 aliphatic carbocycles. The highest BCUT2D eigenvalue weighted by Crippen LogP contribution is 2.25. The van der Waals surface area contributed by atoms with Crippen LogP contribution in [0.3, 0.4) is 0 Å². The van der Waals surface area contributed by atoms with Crippen LogP contribution in [0.2, 0.25) is 0 Å². The second-order valence-electron chi connectivity index (χ2n) is 7.58. The minimum atomic E-state index is 0.195.